The van der Waals surface area contributed by atoms with Crippen LogP contribution in [0.4, 0.5) is 0 Å². The number of aromatic nitrogens is 2. The lowest BCUT2D eigenvalue weighted by Crippen LogP contribution is -2.43. The SMILES string of the molecule is Cc1sc2nc(CSC(C)C(=O)NC3CCC(N)CC3)[nH]c(=O)c2c1C. The Kier molecular flexibility index (Phi) is 6.04. The topological polar surface area (TPSA) is 101 Å². The summed E-state index contributed by atoms with van der Waals surface area (Å²) in [7, 11) is 0. The molecule has 1 amide bonds. The van der Waals surface area contributed by atoms with Crippen LogP contribution < -0.4 is 16.6 Å². The number of thiophene rings is 1. The number of aromatic amines is 1. The van der Waals surface area contributed by atoms with Crippen molar-refractivity contribution >= 4 is 39.2 Å². The van der Waals surface area contributed by atoms with Crippen molar-refractivity contribution < 1.29 is 4.79 Å². The molecule has 0 spiro atoms. The highest BCUT2D eigenvalue weighted by atomic mass is 32.2. The van der Waals surface area contributed by atoms with Gasteiger partial charge in [-0.05, 0) is 52.0 Å². The Morgan fingerprint density at radius 3 is 2.77 bits per heavy atom. The number of thioether (sulfide) groups is 1. The number of fused-ring (bicyclic) bond motifs is 1. The average molecular weight is 395 g/mol. The summed E-state index contributed by atoms with van der Waals surface area (Å²) in [5.74, 6) is 1.17. The van der Waals surface area contributed by atoms with Crippen molar-refractivity contribution in [1.29, 1.82) is 0 Å². The minimum absolute atomic E-state index is 0.0432. The van der Waals surface area contributed by atoms with Gasteiger partial charge in [-0.3, -0.25) is 9.59 Å². The predicted molar refractivity (Wildman–Crippen MR) is 109 cm³/mol. The molecule has 2 heterocycles. The molecule has 0 radical (unpaired) electrons. The summed E-state index contributed by atoms with van der Waals surface area (Å²) in [5.41, 5.74) is 6.81. The van der Waals surface area contributed by atoms with E-state index < -0.39 is 0 Å². The van der Waals surface area contributed by atoms with Crippen LogP contribution in [0.2, 0.25) is 0 Å². The highest BCUT2D eigenvalue weighted by Crippen LogP contribution is 2.26. The van der Waals surface area contributed by atoms with Crippen molar-refractivity contribution in [1.82, 2.24) is 15.3 Å². The normalized spacial score (nSPS) is 21.7. The van der Waals surface area contributed by atoms with Crippen LogP contribution in [0.3, 0.4) is 0 Å². The fourth-order valence-corrected chi connectivity index (χ4v) is 5.04. The van der Waals surface area contributed by atoms with E-state index in [2.05, 4.69) is 15.3 Å². The molecule has 142 valence electrons. The fraction of sp³-hybridized carbons (Fsp3) is 0.611. The first-order valence-electron chi connectivity index (χ1n) is 9.01. The monoisotopic (exact) mass is 394 g/mol. The van der Waals surface area contributed by atoms with Gasteiger partial charge in [0.25, 0.3) is 5.56 Å². The number of nitrogens with zero attached hydrogens (tertiary/aromatic N) is 1. The second-order valence-corrected chi connectivity index (χ2v) is 9.58. The number of rotatable bonds is 5. The molecule has 0 aliphatic heterocycles. The lowest BCUT2D eigenvalue weighted by atomic mass is 9.92. The molecular formula is C18H26N4O2S2. The molecule has 4 N–H and O–H groups in total. The molecule has 3 rings (SSSR count). The van der Waals surface area contributed by atoms with Crippen molar-refractivity contribution in [2.45, 2.75) is 69.5 Å². The van der Waals surface area contributed by atoms with Crippen LogP contribution in [0.5, 0.6) is 0 Å². The Morgan fingerprint density at radius 1 is 1.38 bits per heavy atom. The standard InChI is InChI=1S/C18H26N4O2S2/c1-9-10(2)26-18-15(9)17(24)21-14(22-18)8-25-11(3)16(23)20-13-6-4-12(19)5-7-13/h11-13H,4-8,19H2,1-3H3,(H,20,23)(H,21,22,24). The lowest BCUT2D eigenvalue weighted by molar-refractivity contribution is -0.121. The van der Waals surface area contributed by atoms with Crippen molar-refractivity contribution in [2.24, 2.45) is 5.73 Å². The molecule has 2 aromatic rings. The number of hydrogen-bond donors (Lipinski definition) is 3. The molecule has 2 aromatic heterocycles. The van der Waals surface area contributed by atoms with Crippen LogP contribution in [0.15, 0.2) is 4.79 Å². The van der Waals surface area contributed by atoms with Gasteiger partial charge in [-0.25, -0.2) is 4.98 Å². The Balaban J connectivity index is 1.59. The largest absolute Gasteiger partial charge is 0.352 e. The zero-order valence-corrected chi connectivity index (χ0v) is 17.1. The van der Waals surface area contributed by atoms with Gasteiger partial charge < -0.3 is 16.0 Å². The second-order valence-electron chi connectivity index (χ2n) is 7.05. The summed E-state index contributed by atoms with van der Waals surface area (Å²) in [4.78, 5) is 34.0. The third-order valence-electron chi connectivity index (χ3n) is 5.05. The van der Waals surface area contributed by atoms with E-state index in [1.54, 1.807) is 11.3 Å². The van der Waals surface area contributed by atoms with Gasteiger partial charge in [-0.1, -0.05) is 0 Å². The Morgan fingerprint density at radius 2 is 2.08 bits per heavy atom. The maximum atomic E-state index is 12.4. The van der Waals surface area contributed by atoms with E-state index in [9.17, 15) is 9.59 Å². The summed E-state index contributed by atoms with van der Waals surface area (Å²) >= 11 is 3.03. The van der Waals surface area contributed by atoms with Crippen LogP contribution in [-0.4, -0.2) is 33.2 Å². The van der Waals surface area contributed by atoms with Crippen LogP contribution in [0, 0.1) is 13.8 Å². The molecule has 0 aromatic carbocycles. The van der Waals surface area contributed by atoms with Gasteiger partial charge in [0.05, 0.1) is 16.4 Å². The molecule has 0 saturated heterocycles. The quantitative estimate of drug-likeness (QED) is 0.724. The maximum Gasteiger partial charge on any atom is 0.259 e. The predicted octanol–water partition coefficient (Wildman–Crippen LogP) is 2.61. The summed E-state index contributed by atoms with van der Waals surface area (Å²) in [6.07, 6.45) is 3.84. The Hall–Kier alpha value is -1.38. The number of carbonyl (C=O) groups excluding carboxylic acids is 1. The van der Waals surface area contributed by atoms with Gasteiger partial charge in [0.15, 0.2) is 0 Å². The van der Waals surface area contributed by atoms with E-state index in [1.165, 1.54) is 11.8 Å². The molecule has 6 nitrogen and oxygen atoms in total. The minimum Gasteiger partial charge on any atom is -0.352 e. The molecule has 0 bridgehead atoms. The average Bonchev–Trinajstić information content (AvgIpc) is 2.89. The molecule has 1 saturated carbocycles. The summed E-state index contributed by atoms with van der Waals surface area (Å²) in [5, 5.41) is 3.61. The van der Waals surface area contributed by atoms with Crippen LogP contribution in [0.1, 0.15) is 48.9 Å². The van der Waals surface area contributed by atoms with Crippen LogP contribution >= 0.6 is 23.1 Å². The first-order chi connectivity index (χ1) is 12.3. The molecule has 1 aliphatic rings. The highest BCUT2D eigenvalue weighted by Gasteiger charge is 2.23. The van der Waals surface area contributed by atoms with Gasteiger partial charge in [0.2, 0.25) is 5.91 Å². The molecule has 26 heavy (non-hydrogen) atoms. The fourth-order valence-electron chi connectivity index (χ4n) is 3.23. The van der Waals surface area contributed by atoms with E-state index in [-0.39, 0.29) is 28.8 Å². The van der Waals surface area contributed by atoms with Gasteiger partial charge in [0.1, 0.15) is 10.7 Å². The number of amides is 1. The van der Waals surface area contributed by atoms with E-state index in [1.807, 2.05) is 20.8 Å². The number of hydrogen-bond acceptors (Lipinski definition) is 6. The lowest BCUT2D eigenvalue weighted by Gasteiger charge is -2.27. The van der Waals surface area contributed by atoms with Gasteiger partial charge in [0, 0.05) is 17.0 Å². The number of nitrogens with one attached hydrogen (secondary N) is 2. The number of H-pyrrole nitrogens is 1. The molecule has 1 atom stereocenters. The van der Waals surface area contributed by atoms with Crippen LogP contribution in [0.25, 0.3) is 10.2 Å². The van der Waals surface area contributed by atoms with Crippen molar-refractivity contribution in [3.63, 3.8) is 0 Å². The zero-order chi connectivity index (χ0) is 18.8. The van der Waals surface area contributed by atoms with E-state index >= 15 is 0 Å². The third-order valence-corrected chi connectivity index (χ3v) is 7.30. The molecule has 8 heteroatoms. The number of nitrogens with two attached hydrogens (primary N) is 1. The van der Waals surface area contributed by atoms with Gasteiger partial charge in [-0.15, -0.1) is 23.1 Å². The summed E-state index contributed by atoms with van der Waals surface area (Å²) in [6.45, 7) is 5.84. The maximum absolute atomic E-state index is 12.4. The smallest absolute Gasteiger partial charge is 0.259 e. The van der Waals surface area contributed by atoms with Crippen molar-refractivity contribution in [3.8, 4) is 0 Å². The zero-order valence-electron chi connectivity index (χ0n) is 15.4. The molecule has 1 fully saturated rings. The van der Waals surface area contributed by atoms with Gasteiger partial charge >= 0.3 is 0 Å². The summed E-state index contributed by atoms with van der Waals surface area (Å²) in [6, 6.07) is 0.508. The van der Waals surface area contributed by atoms with E-state index in [4.69, 9.17) is 5.73 Å². The first kappa shape index (κ1) is 19.4. The third kappa shape index (κ3) is 4.29. The Labute approximate surface area is 161 Å². The Bertz CT molecular complexity index is 853. The first-order valence-corrected chi connectivity index (χ1v) is 10.9. The molecule has 1 unspecified atom stereocenters. The highest BCUT2D eigenvalue weighted by molar-refractivity contribution is 7.99. The number of carbonyl (C=O) groups is 1. The van der Waals surface area contributed by atoms with Crippen molar-refractivity contribution in [2.75, 3.05) is 0 Å². The summed E-state index contributed by atoms with van der Waals surface area (Å²) < 4.78 is 0. The van der Waals surface area contributed by atoms with Gasteiger partial charge in [-0.2, -0.15) is 0 Å². The van der Waals surface area contributed by atoms with Crippen LogP contribution in [-0.2, 0) is 10.5 Å². The van der Waals surface area contributed by atoms with E-state index in [0.717, 1.165) is 41.0 Å². The minimum atomic E-state index is -0.196. The number of aryl methyl sites for hydroxylation is 2. The van der Waals surface area contributed by atoms with Crippen molar-refractivity contribution in [3.05, 3.63) is 26.6 Å². The van der Waals surface area contributed by atoms with E-state index in [0.29, 0.717) is 17.0 Å². The second kappa shape index (κ2) is 8.10. The molecular weight excluding hydrogens is 368 g/mol. The molecule has 1 aliphatic carbocycles.